The summed E-state index contributed by atoms with van der Waals surface area (Å²) in [5, 5.41) is 6.67. The van der Waals surface area contributed by atoms with Crippen molar-refractivity contribution < 1.29 is 0 Å². The SMILES string of the molecule is CCC(CCl)(CCl)NCc1nc(C(C)(C)C)cs1. The molecule has 0 aromatic carbocycles. The number of alkyl halides is 2. The second kappa shape index (κ2) is 6.56. The van der Waals surface area contributed by atoms with Crippen molar-refractivity contribution in [3.63, 3.8) is 0 Å². The second-order valence-electron chi connectivity index (χ2n) is 5.63. The largest absolute Gasteiger partial charge is 0.303 e. The van der Waals surface area contributed by atoms with E-state index < -0.39 is 0 Å². The standard InChI is InChI=1S/C13H22Cl2N2S/c1-5-13(8-14,9-15)16-6-11-17-10(7-18-11)12(2,3)4/h7,16H,5-6,8-9H2,1-4H3. The van der Waals surface area contributed by atoms with E-state index in [1.165, 1.54) is 0 Å². The first kappa shape index (κ1) is 16.2. The zero-order valence-electron chi connectivity index (χ0n) is 11.5. The summed E-state index contributed by atoms with van der Waals surface area (Å²) >= 11 is 13.7. The molecule has 0 atom stereocenters. The molecular weight excluding hydrogens is 287 g/mol. The molecule has 2 nitrogen and oxygen atoms in total. The molecule has 0 fully saturated rings. The van der Waals surface area contributed by atoms with Crippen molar-refractivity contribution in [1.29, 1.82) is 0 Å². The topological polar surface area (TPSA) is 24.9 Å². The third kappa shape index (κ3) is 4.09. The summed E-state index contributed by atoms with van der Waals surface area (Å²) in [4.78, 5) is 4.66. The highest BCUT2D eigenvalue weighted by Gasteiger charge is 2.26. The van der Waals surface area contributed by atoms with E-state index in [0.29, 0.717) is 11.8 Å². The Morgan fingerprint density at radius 2 is 1.89 bits per heavy atom. The van der Waals surface area contributed by atoms with Crippen LogP contribution in [0.5, 0.6) is 0 Å². The van der Waals surface area contributed by atoms with E-state index >= 15 is 0 Å². The predicted molar refractivity (Wildman–Crippen MR) is 82.1 cm³/mol. The van der Waals surface area contributed by atoms with Gasteiger partial charge < -0.3 is 5.32 Å². The van der Waals surface area contributed by atoms with E-state index in [0.717, 1.165) is 23.7 Å². The van der Waals surface area contributed by atoms with Gasteiger partial charge in [-0.2, -0.15) is 0 Å². The summed E-state index contributed by atoms with van der Waals surface area (Å²) < 4.78 is 0. The molecule has 1 heterocycles. The van der Waals surface area contributed by atoms with Gasteiger partial charge in [-0.25, -0.2) is 4.98 Å². The Morgan fingerprint density at radius 3 is 2.28 bits per heavy atom. The van der Waals surface area contributed by atoms with Gasteiger partial charge in [0.15, 0.2) is 0 Å². The molecule has 0 aliphatic carbocycles. The van der Waals surface area contributed by atoms with Crippen molar-refractivity contribution >= 4 is 34.5 Å². The molecule has 0 amide bonds. The van der Waals surface area contributed by atoms with Crippen LogP contribution in [0.2, 0.25) is 0 Å². The van der Waals surface area contributed by atoms with Crippen molar-refractivity contribution in [2.24, 2.45) is 0 Å². The third-order valence-electron chi connectivity index (χ3n) is 3.12. The second-order valence-corrected chi connectivity index (χ2v) is 7.11. The number of halogens is 2. The Bertz CT molecular complexity index is 359. The van der Waals surface area contributed by atoms with Crippen LogP contribution in [0.4, 0.5) is 0 Å². The quantitative estimate of drug-likeness (QED) is 0.798. The summed E-state index contributed by atoms with van der Waals surface area (Å²) in [6.45, 7) is 9.35. The van der Waals surface area contributed by atoms with Gasteiger partial charge in [0.2, 0.25) is 0 Å². The molecule has 18 heavy (non-hydrogen) atoms. The fourth-order valence-electron chi connectivity index (χ4n) is 1.44. The fraction of sp³-hybridized carbons (Fsp3) is 0.769. The van der Waals surface area contributed by atoms with E-state index in [2.05, 4.69) is 43.4 Å². The summed E-state index contributed by atoms with van der Waals surface area (Å²) in [5.41, 5.74) is 1.06. The van der Waals surface area contributed by atoms with Crippen LogP contribution >= 0.6 is 34.5 Å². The molecule has 1 aromatic rings. The van der Waals surface area contributed by atoms with E-state index in [1.807, 2.05) is 0 Å². The summed E-state index contributed by atoms with van der Waals surface area (Å²) in [6.07, 6.45) is 0.914. The first-order chi connectivity index (χ1) is 8.37. The molecule has 0 saturated heterocycles. The highest BCUT2D eigenvalue weighted by Crippen LogP contribution is 2.24. The number of nitrogens with zero attached hydrogens (tertiary/aromatic N) is 1. The van der Waals surface area contributed by atoms with E-state index in [9.17, 15) is 0 Å². The predicted octanol–water partition coefficient (Wildman–Crippen LogP) is 4.16. The van der Waals surface area contributed by atoms with Crippen LogP contribution in [0, 0.1) is 0 Å². The first-order valence-corrected chi connectivity index (χ1v) is 8.13. The van der Waals surface area contributed by atoms with Crippen LogP contribution in [0.1, 0.15) is 44.8 Å². The molecule has 0 radical (unpaired) electrons. The normalized spacial score (nSPS) is 13.0. The van der Waals surface area contributed by atoms with Gasteiger partial charge in [-0.1, -0.05) is 27.7 Å². The fourth-order valence-corrected chi connectivity index (χ4v) is 3.26. The summed E-state index contributed by atoms with van der Waals surface area (Å²) in [7, 11) is 0. The molecule has 0 unspecified atom stereocenters. The molecule has 5 heteroatoms. The highest BCUT2D eigenvalue weighted by atomic mass is 35.5. The molecular formula is C13H22Cl2N2S. The average Bonchev–Trinajstić information content (AvgIpc) is 2.80. The zero-order valence-corrected chi connectivity index (χ0v) is 13.8. The van der Waals surface area contributed by atoms with Crippen molar-refractivity contribution in [2.75, 3.05) is 11.8 Å². The maximum atomic E-state index is 6.00. The lowest BCUT2D eigenvalue weighted by molar-refractivity contribution is 0.384. The number of aromatic nitrogens is 1. The van der Waals surface area contributed by atoms with E-state index in [-0.39, 0.29) is 11.0 Å². The minimum Gasteiger partial charge on any atom is -0.303 e. The van der Waals surface area contributed by atoms with Gasteiger partial charge in [0.1, 0.15) is 5.01 Å². The molecule has 0 aliphatic rings. The van der Waals surface area contributed by atoms with E-state index in [4.69, 9.17) is 23.2 Å². The number of rotatable bonds is 6. The Balaban J connectivity index is 2.66. The van der Waals surface area contributed by atoms with Crippen molar-refractivity contribution in [3.05, 3.63) is 16.1 Å². The molecule has 0 aliphatic heterocycles. The van der Waals surface area contributed by atoms with Gasteiger partial charge in [-0.3, -0.25) is 0 Å². The van der Waals surface area contributed by atoms with Crippen LogP contribution in [-0.4, -0.2) is 22.3 Å². The van der Waals surface area contributed by atoms with Crippen LogP contribution < -0.4 is 5.32 Å². The number of hydrogen-bond acceptors (Lipinski definition) is 3. The Labute approximate surface area is 124 Å². The summed E-state index contributed by atoms with van der Waals surface area (Å²) in [6, 6.07) is 0. The van der Waals surface area contributed by atoms with Gasteiger partial charge in [0, 0.05) is 34.6 Å². The van der Waals surface area contributed by atoms with Gasteiger partial charge in [0.25, 0.3) is 0 Å². The first-order valence-electron chi connectivity index (χ1n) is 6.19. The lowest BCUT2D eigenvalue weighted by Gasteiger charge is -2.29. The summed E-state index contributed by atoms with van der Waals surface area (Å²) in [5.74, 6) is 1.04. The average molecular weight is 309 g/mol. The van der Waals surface area contributed by atoms with Crippen molar-refractivity contribution in [1.82, 2.24) is 10.3 Å². The van der Waals surface area contributed by atoms with E-state index in [1.54, 1.807) is 11.3 Å². The zero-order chi connectivity index (χ0) is 13.8. The van der Waals surface area contributed by atoms with Gasteiger partial charge in [0.05, 0.1) is 5.69 Å². The molecule has 0 bridgehead atoms. The van der Waals surface area contributed by atoms with Crippen LogP contribution in [0.15, 0.2) is 5.38 Å². The lowest BCUT2D eigenvalue weighted by Crippen LogP contribution is -2.47. The molecule has 0 spiro atoms. The van der Waals surface area contributed by atoms with Crippen molar-refractivity contribution in [2.45, 2.75) is 51.6 Å². The smallest absolute Gasteiger partial charge is 0.107 e. The van der Waals surface area contributed by atoms with Gasteiger partial charge in [-0.15, -0.1) is 34.5 Å². The van der Waals surface area contributed by atoms with Crippen LogP contribution in [0.3, 0.4) is 0 Å². The molecule has 1 N–H and O–H groups in total. The van der Waals surface area contributed by atoms with Crippen LogP contribution in [-0.2, 0) is 12.0 Å². The maximum absolute atomic E-state index is 6.00. The van der Waals surface area contributed by atoms with Gasteiger partial charge in [-0.05, 0) is 6.42 Å². The van der Waals surface area contributed by atoms with Gasteiger partial charge >= 0.3 is 0 Å². The molecule has 0 saturated carbocycles. The number of thiazole rings is 1. The van der Waals surface area contributed by atoms with Crippen molar-refractivity contribution in [3.8, 4) is 0 Å². The molecule has 1 aromatic heterocycles. The minimum absolute atomic E-state index is 0.107. The number of hydrogen-bond donors (Lipinski definition) is 1. The lowest BCUT2D eigenvalue weighted by atomic mass is 9.93. The monoisotopic (exact) mass is 308 g/mol. The molecule has 104 valence electrons. The maximum Gasteiger partial charge on any atom is 0.107 e. The Hall–Kier alpha value is 0.170. The molecule has 1 rings (SSSR count). The Morgan fingerprint density at radius 1 is 1.28 bits per heavy atom. The Kier molecular flexibility index (Phi) is 5.91. The third-order valence-corrected chi connectivity index (χ3v) is 5.00. The minimum atomic E-state index is -0.184. The highest BCUT2D eigenvalue weighted by molar-refractivity contribution is 7.09. The van der Waals surface area contributed by atoms with Crippen LogP contribution in [0.25, 0.3) is 0 Å². The number of nitrogens with one attached hydrogen (secondary N) is 1.